The largest absolute Gasteiger partial charge is 0.467 e. The Morgan fingerprint density at radius 3 is 2.96 bits per heavy atom. The molecule has 0 radical (unpaired) electrons. The number of allylic oxidation sites excluding steroid dienone is 1. The Bertz CT molecular complexity index is 944. The van der Waals surface area contributed by atoms with Crippen LogP contribution in [0.4, 0.5) is 0 Å². The second-order valence-electron chi connectivity index (χ2n) is 7.68. The molecular formula is C21H24N2O3. The van der Waals surface area contributed by atoms with Crippen LogP contribution in [-0.2, 0) is 21.5 Å². The van der Waals surface area contributed by atoms with Gasteiger partial charge in [-0.1, -0.05) is 29.8 Å². The fraction of sp³-hybridized carbons (Fsp3) is 0.476. The third-order valence-electron chi connectivity index (χ3n) is 6.84. The second-order valence-corrected chi connectivity index (χ2v) is 7.68. The van der Waals surface area contributed by atoms with Crippen molar-refractivity contribution in [3.63, 3.8) is 0 Å². The zero-order valence-electron chi connectivity index (χ0n) is 15.2. The van der Waals surface area contributed by atoms with E-state index in [0.717, 1.165) is 31.4 Å². The van der Waals surface area contributed by atoms with E-state index in [1.165, 1.54) is 29.3 Å². The molecule has 0 unspecified atom stereocenters. The van der Waals surface area contributed by atoms with Gasteiger partial charge in [0.25, 0.3) is 0 Å². The van der Waals surface area contributed by atoms with Crippen LogP contribution in [0, 0.1) is 5.92 Å². The number of nitrogens with zero attached hydrogens (tertiary/aromatic N) is 2. The average molecular weight is 352 g/mol. The lowest BCUT2D eigenvalue weighted by Gasteiger charge is -2.54. The highest BCUT2D eigenvalue weighted by molar-refractivity contribution is 5.91. The molecule has 4 heterocycles. The fourth-order valence-electron chi connectivity index (χ4n) is 5.73. The first-order chi connectivity index (χ1) is 12.7. The monoisotopic (exact) mass is 352 g/mol. The van der Waals surface area contributed by atoms with Gasteiger partial charge in [-0.3, -0.25) is 4.90 Å². The number of hydrogen-bond acceptors (Lipinski definition) is 4. The highest BCUT2D eigenvalue weighted by Crippen LogP contribution is 2.55. The number of esters is 1. The number of hydrogen-bond donors (Lipinski definition) is 1. The van der Waals surface area contributed by atoms with Crippen LogP contribution >= 0.6 is 0 Å². The normalized spacial score (nSPS) is 31.4. The third kappa shape index (κ3) is 1.70. The second kappa shape index (κ2) is 5.44. The molecule has 1 aromatic carbocycles. The van der Waals surface area contributed by atoms with Gasteiger partial charge >= 0.3 is 5.97 Å². The molecule has 1 fully saturated rings. The quantitative estimate of drug-likeness (QED) is 0.666. The lowest BCUT2D eigenvalue weighted by atomic mass is 9.68. The maximum Gasteiger partial charge on any atom is 0.335 e. The lowest BCUT2D eigenvalue weighted by molar-refractivity contribution is -0.160. The van der Waals surface area contributed by atoms with Crippen molar-refractivity contribution >= 4 is 16.9 Å². The van der Waals surface area contributed by atoms with Crippen LogP contribution in [0.25, 0.3) is 10.9 Å². The maximum absolute atomic E-state index is 13.2. The van der Waals surface area contributed by atoms with Gasteiger partial charge in [0.05, 0.1) is 19.8 Å². The van der Waals surface area contributed by atoms with E-state index in [-0.39, 0.29) is 18.5 Å². The standard InChI is InChI=1S/C21H24N2O3/c1-3-13-11-22-9-8-15-14-6-4-5-7-17(14)23-19(15)18(22)10-16(13)21(23,12-24)20(25)26-2/h3-7,16,18,24H,8-12H2,1-2H3/b13-3+/t16-,18+,21+/m1/s1. The van der Waals surface area contributed by atoms with E-state index < -0.39 is 5.54 Å². The van der Waals surface area contributed by atoms with E-state index in [0.29, 0.717) is 6.04 Å². The Morgan fingerprint density at radius 1 is 1.42 bits per heavy atom. The Hall–Kier alpha value is -2.11. The summed E-state index contributed by atoms with van der Waals surface area (Å²) in [6.45, 7) is 3.69. The number of fused-ring (bicyclic) bond motifs is 4. The number of carbonyl (C=O) groups excluding carboxylic acids is 1. The highest BCUT2D eigenvalue weighted by Gasteiger charge is 2.59. The highest BCUT2D eigenvalue weighted by atomic mass is 16.5. The Balaban J connectivity index is 1.93. The van der Waals surface area contributed by atoms with Crippen molar-refractivity contribution < 1.29 is 14.6 Å². The van der Waals surface area contributed by atoms with Gasteiger partial charge in [0.15, 0.2) is 5.54 Å². The minimum atomic E-state index is -1.08. The lowest BCUT2D eigenvalue weighted by Crippen LogP contribution is -2.61. The molecule has 3 aliphatic rings. The summed E-state index contributed by atoms with van der Waals surface area (Å²) in [6, 6.07) is 8.59. The number of aromatic nitrogens is 1. The molecule has 1 saturated heterocycles. The number of methoxy groups -OCH3 is 1. The minimum Gasteiger partial charge on any atom is -0.467 e. The predicted molar refractivity (Wildman–Crippen MR) is 98.9 cm³/mol. The fourth-order valence-corrected chi connectivity index (χ4v) is 5.73. The SMILES string of the molecule is C/C=C1\CN2CCc3c4n(c5ccccc35)[C@](CO)(C(=O)OC)[C@@H]1C[C@@H]42. The number of aliphatic hydroxyl groups excluding tert-OH is 1. The number of ether oxygens (including phenoxy) is 1. The van der Waals surface area contributed by atoms with Crippen LogP contribution in [0.5, 0.6) is 0 Å². The Morgan fingerprint density at radius 2 is 2.23 bits per heavy atom. The topological polar surface area (TPSA) is 54.7 Å². The molecule has 26 heavy (non-hydrogen) atoms. The van der Waals surface area contributed by atoms with Crippen molar-refractivity contribution in [2.75, 3.05) is 26.8 Å². The van der Waals surface area contributed by atoms with Crippen LogP contribution in [0.2, 0.25) is 0 Å². The number of rotatable bonds is 2. The number of aliphatic hydroxyl groups is 1. The van der Waals surface area contributed by atoms with Crippen molar-refractivity contribution in [2.24, 2.45) is 5.92 Å². The van der Waals surface area contributed by atoms with E-state index in [1.54, 1.807) is 0 Å². The molecule has 0 amide bonds. The van der Waals surface area contributed by atoms with E-state index >= 15 is 0 Å². The van der Waals surface area contributed by atoms with E-state index in [4.69, 9.17) is 4.74 Å². The first-order valence-corrected chi connectivity index (χ1v) is 9.38. The first kappa shape index (κ1) is 16.1. The first-order valence-electron chi connectivity index (χ1n) is 9.38. The molecule has 5 nitrogen and oxygen atoms in total. The molecule has 1 aromatic heterocycles. The van der Waals surface area contributed by atoms with Gasteiger partial charge in [-0.15, -0.1) is 0 Å². The zero-order chi connectivity index (χ0) is 18.1. The summed E-state index contributed by atoms with van der Waals surface area (Å²) in [7, 11) is 1.43. The van der Waals surface area contributed by atoms with Gasteiger partial charge in [-0.2, -0.15) is 0 Å². The third-order valence-corrected chi connectivity index (χ3v) is 6.84. The number of para-hydroxylation sites is 1. The van der Waals surface area contributed by atoms with Gasteiger partial charge in [0, 0.05) is 35.6 Å². The number of carbonyl (C=O) groups is 1. The van der Waals surface area contributed by atoms with Crippen molar-refractivity contribution in [1.82, 2.24) is 9.47 Å². The van der Waals surface area contributed by atoms with Gasteiger partial charge in [-0.05, 0) is 31.4 Å². The van der Waals surface area contributed by atoms with E-state index in [9.17, 15) is 9.90 Å². The van der Waals surface area contributed by atoms with Crippen LogP contribution in [0.1, 0.15) is 30.6 Å². The molecule has 3 atom stereocenters. The van der Waals surface area contributed by atoms with Gasteiger partial charge in [-0.25, -0.2) is 4.79 Å². The minimum absolute atomic E-state index is 0.0412. The summed E-state index contributed by atoms with van der Waals surface area (Å²) < 4.78 is 7.40. The summed E-state index contributed by atoms with van der Waals surface area (Å²) in [5, 5.41) is 11.8. The van der Waals surface area contributed by atoms with Gasteiger partial charge in [0.1, 0.15) is 0 Å². The molecule has 0 spiro atoms. The molecule has 5 rings (SSSR count). The molecule has 136 valence electrons. The molecule has 2 aromatic rings. The zero-order valence-corrected chi connectivity index (χ0v) is 15.2. The molecule has 0 saturated carbocycles. The van der Waals surface area contributed by atoms with Crippen molar-refractivity contribution in [2.45, 2.75) is 31.3 Å². The van der Waals surface area contributed by atoms with Crippen molar-refractivity contribution in [1.29, 1.82) is 0 Å². The van der Waals surface area contributed by atoms with Gasteiger partial charge < -0.3 is 14.4 Å². The number of benzene rings is 1. The van der Waals surface area contributed by atoms with Crippen molar-refractivity contribution in [3.05, 3.63) is 47.2 Å². The molecule has 3 aliphatic heterocycles. The van der Waals surface area contributed by atoms with E-state index in [2.05, 4.69) is 33.7 Å². The Labute approximate surface area is 152 Å². The number of piperidine rings is 1. The van der Waals surface area contributed by atoms with E-state index in [1.807, 2.05) is 13.0 Å². The molecule has 5 heteroatoms. The average Bonchev–Trinajstić information content (AvgIpc) is 3.03. The van der Waals surface area contributed by atoms with Crippen LogP contribution in [0.3, 0.4) is 0 Å². The van der Waals surface area contributed by atoms with Crippen LogP contribution < -0.4 is 0 Å². The summed E-state index contributed by atoms with van der Waals surface area (Å²) in [5.41, 5.74) is 3.73. The molecule has 0 aliphatic carbocycles. The van der Waals surface area contributed by atoms with Crippen LogP contribution in [-0.4, -0.2) is 47.3 Å². The molecular weight excluding hydrogens is 328 g/mol. The van der Waals surface area contributed by atoms with Gasteiger partial charge in [0.2, 0.25) is 0 Å². The summed E-state index contributed by atoms with van der Waals surface area (Å²) in [4.78, 5) is 15.7. The smallest absolute Gasteiger partial charge is 0.335 e. The summed E-state index contributed by atoms with van der Waals surface area (Å²) >= 11 is 0. The molecule has 2 bridgehead atoms. The van der Waals surface area contributed by atoms with Crippen molar-refractivity contribution in [3.8, 4) is 0 Å². The predicted octanol–water partition coefficient (Wildman–Crippen LogP) is 2.38. The summed E-state index contributed by atoms with van der Waals surface area (Å²) in [6.07, 6.45) is 3.96. The van der Waals surface area contributed by atoms with Crippen LogP contribution in [0.15, 0.2) is 35.9 Å². The summed E-state index contributed by atoms with van der Waals surface area (Å²) in [5.74, 6) is -0.383. The Kier molecular flexibility index (Phi) is 3.37. The maximum atomic E-state index is 13.2. The molecule has 1 N–H and O–H groups in total.